The molecule has 0 saturated carbocycles. The molecule has 0 aliphatic rings. The van der Waals surface area contributed by atoms with Crippen LogP contribution in [0.5, 0.6) is 0 Å². The van der Waals surface area contributed by atoms with Gasteiger partial charge < -0.3 is 0 Å². The number of aryl methyl sites for hydroxylation is 1. The molecule has 0 amide bonds. The minimum Gasteiger partial charge on any atom is -0.265 e. The molecule has 0 radical (unpaired) electrons. The zero-order chi connectivity index (χ0) is 15.8. The second kappa shape index (κ2) is 5.91. The second-order valence-electron chi connectivity index (χ2n) is 4.25. The third-order valence-corrected chi connectivity index (χ3v) is 3.88. The van der Waals surface area contributed by atoms with E-state index in [0.717, 1.165) is 10.9 Å². The lowest BCUT2D eigenvalue weighted by molar-refractivity contribution is 0.311. The molecule has 0 N–H and O–H groups in total. The van der Waals surface area contributed by atoms with Crippen LogP contribution < -0.4 is 5.69 Å². The number of nitrogens with zero attached hydrogens (tertiary/aromatic N) is 3. The zero-order valence-electron chi connectivity index (χ0n) is 11.1. The number of benzene rings is 1. The van der Waals surface area contributed by atoms with Gasteiger partial charge in [-0.25, -0.2) is 14.0 Å². The molecule has 2 rings (SSSR count). The summed E-state index contributed by atoms with van der Waals surface area (Å²) in [5.74, 6) is 0. The average molecular weight is 397 g/mol. The molecule has 1 heterocycles. The molecule has 0 saturated heterocycles. The summed E-state index contributed by atoms with van der Waals surface area (Å²) in [7, 11) is -2.14. The minimum atomic E-state index is -3.61. The van der Waals surface area contributed by atoms with E-state index >= 15 is 0 Å². The van der Waals surface area contributed by atoms with Gasteiger partial charge in [-0.3, -0.25) is 4.18 Å². The molecule has 0 unspecified atom stereocenters. The van der Waals surface area contributed by atoms with Crippen molar-refractivity contribution in [2.24, 2.45) is 7.05 Å². The van der Waals surface area contributed by atoms with Crippen molar-refractivity contribution >= 4 is 37.6 Å². The van der Waals surface area contributed by atoms with Gasteiger partial charge in [-0.15, -0.1) is 5.10 Å². The smallest absolute Gasteiger partial charge is 0.265 e. The first-order chi connectivity index (χ1) is 9.69. The van der Waals surface area contributed by atoms with Crippen LogP contribution in [0.4, 0.5) is 0 Å². The predicted octanol–water partition coefficient (Wildman–Crippen LogP) is 1.46. The molecule has 0 aliphatic carbocycles. The van der Waals surface area contributed by atoms with Crippen LogP contribution in [-0.4, -0.2) is 29.0 Å². The van der Waals surface area contributed by atoms with Gasteiger partial charge in [-0.05, 0) is 29.8 Å². The van der Waals surface area contributed by atoms with Crippen LogP contribution >= 0.6 is 27.5 Å². The highest BCUT2D eigenvalue weighted by Gasteiger charge is 2.16. The van der Waals surface area contributed by atoms with Crippen LogP contribution in [0.15, 0.2) is 27.5 Å². The van der Waals surface area contributed by atoms with Gasteiger partial charge in [-0.2, -0.15) is 8.42 Å². The van der Waals surface area contributed by atoms with Crippen molar-refractivity contribution in [3.63, 3.8) is 0 Å². The number of hydrogen-bond acceptors (Lipinski definition) is 5. The van der Waals surface area contributed by atoms with E-state index in [4.69, 9.17) is 15.8 Å². The Hall–Kier alpha value is -1.16. The predicted molar refractivity (Wildman–Crippen MR) is 81.1 cm³/mol. The Morgan fingerprint density at radius 1 is 1.43 bits per heavy atom. The Morgan fingerprint density at radius 3 is 2.62 bits per heavy atom. The van der Waals surface area contributed by atoms with Crippen molar-refractivity contribution in [3.05, 3.63) is 44.0 Å². The van der Waals surface area contributed by atoms with E-state index < -0.39 is 15.8 Å². The summed E-state index contributed by atoms with van der Waals surface area (Å²) in [6.07, 6.45) is 0.952. The standard InChI is InChI=1S/C11H11BrClN3O4S/c1-15-11(17)16(10(13)14-15)9-4-3-8(12)5-7(9)6-20-21(2,18)19/h3-5H,6H2,1-2H3. The highest BCUT2D eigenvalue weighted by molar-refractivity contribution is 9.10. The number of hydrogen-bond donors (Lipinski definition) is 0. The molecule has 0 bridgehead atoms. The molecule has 0 aliphatic heterocycles. The van der Waals surface area contributed by atoms with Gasteiger partial charge in [0, 0.05) is 17.1 Å². The molecule has 2 aromatic rings. The van der Waals surface area contributed by atoms with Crippen molar-refractivity contribution in [3.8, 4) is 5.69 Å². The Bertz CT molecular complexity index is 844. The Kier molecular flexibility index (Phi) is 4.57. The van der Waals surface area contributed by atoms with Crippen LogP contribution in [0.2, 0.25) is 5.28 Å². The third-order valence-electron chi connectivity index (χ3n) is 2.60. The molecule has 7 nitrogen and oxygen atoms in total. The summed E-state index contributed by atoms with van der Waals surface area (Å²) in [6, 6.07) is 4.98. The SMILES string of the molecule is Cn1nc(Cl)n(-c2ccc(Br)cc2COS(C)(=O)=O)c1=O. The summed E-state index contributed by atoms with van der Waals surface area (Å²) in [5, 5.41) is 3.80. The fraction of sp³-hybridized carbons (Fsp3) is 0.273. The highest BCUT2D eigenvalue weighted by atomic mass is 79.9. The van der Waals surface area contributed by atoms with E-state index in [1.54, 1.807) is 18.2 Å². The Balaban J connectivity index is 2.56. The maximum Gasteiger partial charge on any atom is 0.351 e. The first kappa shape index (κ1) is 16.2. The topological polar surface area (TPSA) is 83.2 Å². The monoisotopic (exact) mass is 395 g/mol. The van der Waals surface area contributed by atoms with Crippen molar-refractivity contribution in [1.29, 1.82) is 0 Å². The van der Waals surface area contributed by atoms with Crippen LogP contribution in [0.25, 0.3) is 5.69 Å². The molecule has 21 heavy (non-hydrogen) atoms. The summed E-state index contributed by atoms with van der Waals surface area (Å²) in [6.45, 7) is -0.217. The van der Waals surface area contributed by atoms with Gasteiger partial charge >= 0.3 is 5.69 Å². The summed E-state index contributed by atoms with van der Waals surface area (Å²) < 4.78 is 30.0. The van der Waals surface area contributed by atoms with E-state index in [1.807, 2.05) is 0 Å². The number of halogens is 2. The van der Waals surface area contributed by atoms with Gasteiger partial charge in [-0.1, -0.05) is 15.9 Å². The molecule has 10 heteroatoms. The fourth-order valence-electron chi connectivity index (χ4n) is 1.70. The van der Waals surface area contributed by atoms with Crippen molar-refractivity contribution < 1.29 is 12.6 Å². The normalized spacial score (nSPS) is 11.8. The molecule has 1 aromatic heterocycles. The molecule has 0 spiro atoms. The summed E-state index contributed by atoms with van der Waals surface area (Å²) in [4.78, 5) is 12.0. The number of aromatic nitrogens is 3. The molecule has 114 valence electrons. The Morgan fingerprint density at radius 2 is 2.10 bits per heavy atom. The van der Waals surface area contributed by atoms with Crippen molar-refractivity contribution in [1.82, 2.24) is 14.3 Å². The number of rotatable bonds is 4. The van der Waals surface area contributed by atoms with Gasteiger partial charge in [0.25, 0.3) is 10.1 Å². The lowest BCUT2D eigenvalue weighted by Gasteiger charge is -2.10. The molecular formula is C11H11BrClN3O4S. The van der Waals surface area contributed by atoms with Crippen LogP contribution in [0, 0.1) is 0 Å². The maximum atomic E-state index is 12.0. The second-order valence-corrected chi connectivity index (χ2v) is 7.15. The van der Waals surface area contributed by atoms with Gasteiger partial charge in [0.05, 0.1) is 18.6 Å². The van der Waals surface area contributed by atoms with Gasteiger partial charge in [0.15, 0.2) is 0 Å². The molecule has 0 fully saturated rings. The first-order valence-electron chi connectivity index (χ1n) is 5.64. The molecular weight excluding hydrogens is 386 g/mol. The first-order valence-corrected chi connectivity index (χ1v) is 8.62. The lowest BCUT2D eigenvalue weighted by Crippen LogP contribution is -2.22. The third kappa shape index (κ3) is 3.73. The average Bonchev–Trinajstić information content (AvgIpc) is 2.61. The zero-order valence-corrected chi connectivity index (χ0v) is 14.2. The summed E-state index contributed by atoms with van der Waals surface area (Å²) in [5.41, 5.74) is 0.444. The largest absolute Gasteiger partial charge is 0.351 e. The van der Waals surface area contributed by atoms with Crippen LogP contribution in [-0.2, 0) is 28.0 Å². The molecule has 0 atom stereocenters. The van der Waals surface area contributed by atoms with E-state index in [9.17, 15) is 13.2 Å². The van der Waals surface area contributed by atoms with E-state index in [0.29, 0.717) is 15.7 Å². The van der Waals surface area contributed by atoms with E-state index in [1.165, 1.54) is 11.6 Å². The van der Waals surface area contributed by atoms with Crippen molar-refractivity contribution in [2.75, 3.05) is 6.26 Å². The fourth-order valence-corrected chi connectivity index (χ4v) is 2.72. The van der Waals surface area contributed by atoms with Crippen molar-refractivity contribution in [2.45, 2.75) is 6.61 Å². The van der Waals surface area contributed by atoms with Crippen LogP contribution in [0.3, 0.4) is 0 Å². The van der Waals surface area contributed by atoms with E-state index in [-0.39, 0.29) is 11.9 Å². The maximum absolute atomic E-state index is 12.0. The van der Waals surface area contributed by atoms with Gasteiger partial charge in [0.2, 0.25) is 5.28 Å². The lowest BCUT2D eigenvalue weighted by atomic mass is 10.2. The quantitative estimate of drug-likeness (QED) is 0.731. The Labute approximate surface area is 134 Å². The minimum absolute atomic E-state index is 0.0228. The summed E-state index contributed by atoms with van der Waals surface area (Å²) >= 11 is 9.23. The van der Waals surface area contributed by atoms with Crippen LogP contribution in [0.1, 0.15) is 5.56 Å². The van der Waals surface area contributed by atoms with E-state index in [2.05, 4.69) is 21.0 Å². The molecule has 1 aromatic carbocycles. The highest BCUT2D eigenvalue weighted by Crippen LogP contribution is 2.22. The van der Waals surface area contributed by atoms with Gasteiger partial charge in [0.1, 0.15) is 0 Å².